The predicted molar refractivity (Wildman–Crippen MR) is 93.1 cm³/mol. The zero-order valence-corrected chi connectivity index (χ0v) is 13.4. The van der Waals surface area contributed by atoms with Gasteiger partial charge in [0.25, 0.3) is 0 Å². The summed E-state index contributed by atoms with van der Waals surface area (Å²) in [5.74, 6) is 1.07. The molecule has 0 amide bonds. The average Bonchev–Trinajstić information content (AvgIpc) is 3.14. The molecule has 4 heteroatoms. The first kappa shape index (κ1) is 15.3. The van der Waals surface area contributed by atoms with Gasteiger partial charge in [0, 0.05) is 37.3 Å². The molecule has 118 valence electrons. The molecule has 0 fully saturated rings. The molecule has 0 aliphatic heterocycles. The fourth-order valence-electron chi connectivity index (χ4n) is 2.56. The SMILES string of the molecule is COC1=CC=C(CC/N=C\c2ccc(-n3ccnc3)cc2)CC1. The highest BCUT2D eigenvalue weighted by Gasteiger charge is 2.05. The fraction of sp³-hybridized carbons (Fsp3) is 0.263. The number of allylic oxidation sites excluding steroid dienone is 3. The van der Waals surface area contributed by atoms with Crippen molar-refractivity contribution < 1.29 is 4.74 Å². The maximum atomic E-state index is 5.24. The van der Waals surface area contributed by atoms with E-state index in [4.69, 9.17) is 4.74 Å². The molecule has 23 heavy (non-hydrogen) atoms. The van der Waals surface area contributed by atoms with Gasteiger partial charge in [0.05, 0.1) is 19.2 Å². The van der Waals surface area contributed by atoms with Gasteiger partial charge in [-0.3, -0.25) is 4.99 Å². The number of hydrogen-bond donors (Lipinski definition) is 0. The summed E-state index contributed by atoms with van der Waals surface area (Å²) in [6, 6.07) is 8.30. The number of rotatable bonds is 6. The number of aliphatic imine (C=N–C) groups is 1. The number of aromatic nitrogens is 2. The summed E-state index contributed by atoms with van der Waals surface area (Å²) >= 11 is 0. The second-order valence-electron chi connectivity index (χ2n) is 5.51. The smallest absolute Gasteiger partial charge is 0.0991 e. The molecular formula is C19H21N3O. The van der Waals surface area contributed by atoms with E-state index in [0.717, 1.165) is 42.8 Å². The van der Waals surface area contributed by atoms with E-state index in [0.29, 0.717) is 0 Å². The van der Waals surface area contributed by atoms with E-state index in [9.17, 15) is 0 Å². The molecule has 1 aromatic heterocycles. The first-order chi connectivity index (χ1) is 11.3. The highest BCUT2D eigenvalue weighted by molar-refractivity contribution is 5.79. The summed E-state index contributed by atoms with van der Waals surface area (Å²) in [5.41, 5.74) is 3.67. The predicted octanol–water partition coefficient (Wildman–Crippen LogP) is 3.93. The summed E-state index contributed by atoms with van der Waals surface area (Å²) in [7, 11) is 1.73. The lowest BCUT2D eigenvalue weighted by atomic mass is 10.0. The second-order valence-corrected chi connectivity index (χ2v) is 5.51. The van der Waals surface area contributed by atoms with E-state index >= 15 is 0 Å². The first-order valence-electron chi connectivity index (χ1n) is 7.86. The number of methoxy groups -OCH3 is 1. The van der Waals surface area contributed by atoms with Crippen LogP contribution in [0, 0.1) is 0 Å². The van der Waals surface area contributed by atoms with Crippen molar-refractivity contribution >= 4 is 6.21 Å². The molecule has 4 nitrogen and oxygen atoms in total. The van der Waals surface area contributed by atoms with Crippen LogP contribution in [0.2, 0.25) is 0 Å². The highest BCUT2D eigenvalue weighted by atomic mass is 16.5. The van der Waals surface area contributed by atoms with E-state index in [-0.39, 0.29) is 0 Å². The van der Waals surface area contributed by atoms with Crippen LogP contribution < -0.4 is 0 Å². The van der Waals surface area contributed by atoms with Crippen molar-refractivity contribution in [3.8, 4) is 5.69 Å². The number of benzene rings is 1. The molecule has 1 aliphatic carbocycles. The van der Waals surface area contributed by atoms with Gasteiger partial charge in [-0.05, 0) is 36.6 Å². The molecule has 2 aromatic rings. The maximum absolute atomic E-state index is 5.24. The van der Waals surface area contributed by atoms with Crippen molar-refractivity contribution in [3.05, 3.63) is 72.0 Å². The minimum absolute atomic E-state index is 0.825. The van der Waals surface area contributed by atoms with Gasteiger partial charge in [0.15, 0.2) is 0 Å². The van der Waals surface area contributed by atoms with E-state index in [1.165, 1.54) is 5.57 Å². The maximum Gasteiger partial charge on any atom is 0.0991 e. The zero-order chi connectivity index (χ0) is 15.9. The van der Waals surface area contributed by atoms with Crippen LogP contribution in [0.3, 0.4) is 0 Å². The summed E-state index contributed by atoms with van der Waals surface area (Å²) in [6.07, 6.45) is 14.8. The molecule has 0 saturated carbocycles. The molecule has 1 aromatic carbocycles. The minimum Gasteiger partial charge on any atom is -0.501 e. The molecule has 0 radical (unpaired) electrons. The Kier molecular flexibility index (Phi) is 5.04. The minimum atomic E-state index is 0.825. The molecule has 0 N–H and O–H groups in total. The highest BCUT2D eigenvalue weighted by Crippen LogP contribution is 2.20. The largest absolute Gasteiger partial charge is 0.501 e. The van der Waals surface area contributed by atoms with Crippen molar-refractivity contribution in [1.29, 1.82) is 0 Å². The first-order valence-corrected chi connectivity index (χ1v) is 7.86. The zero-order valence-electron chi connectivity index (χ0n) is 13.4. The Morgan fingerprint density at radius 1 is 1.22 bits per heavy atom. The lowest BCUT2D eigenvalue weighted by Gasteiger charge is -2.12. The summed E-state index contributed by atoms with van der Waals surface area (Å²) in [5, 5.41) is 0. The van der Waals surface area contributed by atoms with Gasteiger partial charge in [-0.2, -0.15) is 0 Å². The summed E-state index contributed by atoms with van der Waals surface area (Å²) in [4.78, 5) is 8.59. The Labute approximate surface area is 136 Å². The third-order valence-corrected chi connectivity index (χ3v) is 3.96. The normalized spacial score (nSPS) is 14.7. The van der Waals surface area contributed by atoms with E-state index in [2.05, 4.69) is 46.4 Å². The molecule has 1 heterocycles. The number of nitrogens with zero attached hydrogens (tertiary/aromatic N) is 3. The molecule has 1 aliphatic rings. The van der Waals surface area contributed by atoms with Crippen molar-refractivity contribution in [2.24, 2.45) is 4.99 Å². The molecule has 0 unspecified atom stereocenters. The molecule has 0 atom stereocenters. The van der Waals surface area contributed by atoms with Gasteiger partial charge in [-0.1, -0.05) is 23.8 Å². The summed E-state index contributed by atoms with van der Waals surface area (Å²) < 4.78 is 7.23. The van der Waals surface area contributed by atoms with Gasteiger partial charge in [0.2, 0.25) is 0 Å². The molecular weight excluding hydrogens is 286 g/mol. The van der Waals surface area contributed by atoms with Crippen LogP contribution in [0.5, 0.6) is 0 Å². The van der Waals surface area contributed by atoms with Crippen LogP contribution in [-0.4, -0.2) is 29.4 Å². The number of ether oxygens (including phenoxy) is 1. The fourth-order valence-corrected chi connectivity index (χ4v) is 2.56. The molecule has 0 spiro atoms. The van der Waals surface area contributed by atoms with Crippen LogP contribution in [0.4, 0.5) is 0 Å². The van der Waals surface area contributed by atoms with Crippen molar-refractivity contribution in [2.45, 2.75) is 19.3 Å². The lowest BCUT2D eigenvalue weighted by Crippen LogP contribution is -1.97. The molecule has 0 bridgehead atoms. The average molecular weight is 307 g/mol. The van der Waals surface area contributed by atoms with Crippen LogP contribution in [0.15, 0.2) is 71.5 Å². The van der Waals surface area contributed by atoms with Gasteiger partial charge in [-0.15, -0.1) is 0 Å². The van der Waals surface area contributed by atoms with Crippen molar-refractivity contribution in [2.75, 3.05) is 13.7 Å². The van der Waals surface area contributed by atoms with Crippen LogP contribution in [0.25, 0.3) is 5.69 Å². The lowest BCUT2D eigenvalue weighted by molar-refractivity contribution is 0.275. The van der Waals surface area contributed by atoms with Gasteiger partial charge >= 0.3 is 0 Å². The Morgan fingerprint density at radius 3 is 2.74 bits per heavy atom. The van der Waals surface area contributed by atoms with E-state index < -0.39 is 0 Å². The van der Waals surface area contributed by atoms with Gasteiger partial charge in [-0.25, -0.2) is 4.98 Å². The molecule has 0 saturated heterocycles. The number of imidazole rings is 1. The summed E-state index contributed by atoms with van der Waals surface area (Å²) in [6.45, 7) is 0.825. The van der Waals surface area contributed by atoms with Crippen LogP contribution in [-0.2, 0) is 4.74 Å². The third kappa shape index (κ3) is 4.19. The quantitative estimate of drug-likeness (QED) is 0.759. The third-order valence-electron chi connectivity index (χ3n) is 3.96. The van der Waals surface area contributed by atoms with Gasteiger partial charge < -0.3 is 9.30 Å². The van der Waals surface area contributed by atoms with Crippen molar-refractivity contribution in [1.82, 2.24) is 9.55 Å². The van der Waals surface area contributed by atoms with Gasteiger partial charge in [0.1, 0.15) is 0 Å². The monoisotopic (exact) mass is 307 g/mol. The van der Waals surface area contributed by atoms with Crippen LogP contribution >= 0.6 is 0 Å². The topological polar surface area (TPSA) is 39.4 Å². The Hall–Kier alpha value is -2.62. The Morgan fingerprint density at radius 2 is 2.09 bits per heavy atom. The van der Waals surface area contributed by atoms with E-state index in [1.54, 1.807) is 19.6 Å². The number of hydrogen-bond acceptors (Lipinski definition) is 3. The Bertz CT molecular complexity index is 710. The van der Waals surface area contributed by atoms with Crippen LogP contribution in [0.1, 0.15) is 24.8 Å². The molecule has 3 rings (SSSR count). The second kappa shape index (κ2) is 7.58. The van der Waals surface area contributed by atoms with E-state index in [1.807, 2.05) is 17.0 Å². The standard InChI is InChI=1S/C19H21N3O/c1-23-19-8-4-16(5-9-19)10-11-20-14-17-2-6-18(7-3-17)22-13-12-21-15-22/h2-4,6-8,12-15H,5,9-11H2,1H3/b20-14-. The Balaban J connectivity index is 1.51. The van der Waals surface area contributed by atoms with Crippen molar-refractivity contribution in [3.63, 3.8) is 0 Å².